The topological polar surface area (TPSA) is 114 Å². The standard InChI is InChI=1S/C13H15N5O2S/c1-8-2-4-9(5-3-8)11-16-13(18-17-11)21-7-6-10(19)15-12(14)20/h2-5H,6-7H2,1H3,(H,16,17,18)(H3,14,15,19,20). The molecule has 1 aromatic heterocycles. The van der Waals surface area contributed by atoms with Gasteiger partial charge in [0, 0.05) is 17.7 Å². The minimum absolute atomic E-state index is 0.169. The van der Waals surface area contributed by atoms with E-state index in [0.717, 1.165) is 5.56 Å². The number of imide groups is 1. The predicted octanol–water partition coefficient (Wildman–Crippen LogP) is 1.46. The molecule has 3 amide bonds. The van der Waals surface area contributed by atoms with Gasteiger partial charge in [-0.05, 0) is 6.92 Å². The molecule has 2 aromatic rings. The predicted molar refractivity (Wildman–Crippen MR) is 79.6 cm³/mol. The van der Waals surface area contributed by atoms with Gasteiger partial charge in [-0.1, -0.05) is 41.6 Å². The van der Waals surface area contributed by atoms with Crippen molar-refractivity contribution in [2.45, 2.75) is 18.5 Å². The highest BCUT2D eigenvalue weighted by atomic mass is 32.2. The molecule has 0 aliphatic rings. The first-order valence-corrected chi connectivity index (χ1v) is 7.24. The van der Waals surface area contributed by atoms with E-state index < -0.39 is 11.9 Å². The van der Waals surface area contributed by atoms with Gasteiger partial charge in [0.15, 0.2) is 5.82 Å². The van der Waals surface area contributed by atoms with Crippen LogP contribution >= 0.6 is 11.8 Å². The minimum atomic E-state index is -0.843. The van der Waals surface area contributed by atoms with Gasteiger partial charge < -0.3 is 5.73 Å². The first kappa shape index (κ1) is 15.0. The summed E-state index contributed by atoms with van der Waals surface area (Å²) in [5.41, 5.74) is 6.97. The summed E-state index contributed by atoms with van der Waals surface area (Å²) in [6.45, 7) is 2.02. The maximum Gasteiger partial charge on any atom is 0.318 e. The first-order chi connectivity index (χ1) is 10.0. The zero-order valence-electron chi connectivity index (χ0n) is 11.4. The number of hydrogen-bond donors (Lipinski definition) is 3. The molecule has 1 heterocycles. The number of amides is 3. The minimum Gasteiger partial charge on any atom is -0.351 e. The number of rotatable bonds is 5. The van der Waals surface area contributed by atoms with Crippen LogP contribution in [-0.2, 0) is 4.79 Å². The monoisotopic (exact) mass is 305 g/mol. The van der Waals surface area contributed by atoms with Crippen LogP contribution in [-0.4, -0.2) is 32.9 Å². The Labute approximate surface area is 125 Å². The molecule has 7 nitrogen and oxygen atoms in total. The van der Waals surface area contributed by atoms with Gasteiger partial charge in [-0.3, -0.25) is 15.2 Å². The number of urea groups is 1. The molecule has 8 heteroatoms. The van der Waals surface area contributed by atoms with Crippen LogP contribution in [0.15, 0.2) is 29.4 Å². The fourth-order valence-corrected chi connectivity index (χ4v) is 2.32. The highest BCUT2D eigenvalue weighted by Gasteiger charge is 2.08. The number of benzene rings is 1. The fraction of sp³-hybridized carbons (Fsp3) is 0.231. The number of primary amides is 1. The van der Waals surface area contributed by atoms with E-state index in [-0.39, 0.29) is 6.42 Å². The second-order valence-corrected chi connectivity index (χ2v) is 5.41. The lowest BCUT2D eigenvalue weighted by Crippen LogP contribution is -2.35. The molecule has 0 radical (unpaired) electrons. The number of nitrogens with two attached hydrogens (primary N) is 1. The maximum atomic E-state index is 11.2. The zero-order valence-corrected chi connectivity index (χ0v) is 12.2. The van der Waals surface area contributed by atoms with Gasteiger partial charge in [0.25, 0.3) is 0 Å². The molecule has 2 rings (SSSR count). The van der Waals surface area contributed by atoms with Crippen LogP contribution in [0.25, 0.3) is 11.4 Å². The van der Waals surface area contributed by atoms with E-state index in [1.807, 2.05) is 36.5 Å². The third-order valence-corrected chi connectivity index (χ3v) is 3.46. The van der Waals surface area contributed by atoms with Gasteiger partial charge >= 0.3 is 6.03 Å². The molecular formula is C13H15N5O2S. The Balaban J connectivity index is 1.87. The Hall–Kier alpha value is -2.35. The van der Waals surface area contributed by atoms with Gasteiger partial charge in [-0.25, -0.2) is 9.78 Å². The number of nitrogens with zero attached hydrogens (tertiary/aromatic N) is 2. The number of nitrogens with one attached hydrogen (secondary N) is 2. The van der Waals surface area contributed by atoms with Crippen molar-refractivity contribution in [2.75, 3.05) is 5.75 Å². The number of thioether (sulfide) groups is 1. The van der Waals surface area contributed by atoms with Crippen molar-refractivity contribution in [1.29, 1.82) is 0 Å². The zero-order chi connectivity index (χ0) is 15.2. The summed E-state index contributed by atoms with van der Waals surface area (Å²) >= 11 is 1.33. The number of aryl methyl sites for hydroxylation is 1. The maximum absolute atomic E-state index is 11.2. The Kier molecular flexibility index (Phi) is 4.94. The van der Waals surface area contributed by atoms with Crippen molar-refractivity contribution < 1.29 is 9.59 Å². The van der Waals surface area contributed by atoms with Crippen LogP contribution in [0.4, 0.5) is 4.79 Å². The molecule has 0 saturated carbocycles. The molecule has 0 aliphatic heterocycles. The Morgan fingerprint density at radius 3 is 2.71 bits per heavy atom. The molecule has 0 atom stereocenters. The molecule has 0 spiro atoms. The molecule has 1 aromatic carbocycles. The highest BCUT2D eigenvalue weighted by Crippen LogP contribution is 2.19. The van der Waals surface area contributed by atoms with Crippen molar-refractivity contribution in [3.8, 4) is 11.4 Å². The summed E-state index contributed by atoms with van der Waals surface area (Å²) in [5, 5.41) is 9.49. The van der Waals surface area contributed by atoms with Gasteiger partial charge in [-0.2, -0.15) is 0 Å². The largest absolute Gasteiger partial charge is 0.351 e. The molecule has 0 fully saturated rings. The summed E-state index contributed by atoms with van der Waals surface area (Å²) in [6.07, 6.45) is 0.169. The van der Waals surface area contributed by atoms with Crippen LogP contribution in [0.1, 0.15) is 12.0 Å². The Morgan fingerprint density at radius 2 is 2.05 bits per heavy atom. The van der Waals surface area contributed by atoms with Gasteiger partial charge in [-0.15, -0.1) is 5.10 Å². The Morgan fingerprint density at radius 1 is 1.33 bits per heavy atom. The number of aromatic nitrogens is 3. The second-order valence-electron chi connectivity index (χ2n) is 4.34. The van der Waals surface area contributed by atoms with Crippen LogP contribution in [0.2, 0.25) is 0 Å². The van der Waals surface area contributed by atoms with E-state index in [9.17, 15) is 9.59 Å². The highest BCUT2D eigenvalue weighted by molar-refractivity contribution is 7.99. The van der Waals surface area contributed by atoms with Crippen molar-refractivity contribution in [3.63, 3.8) is 0 Å². The molecule has 0 unspecified atom stereocenters. The number of aromatic amines is 1. The average molecular weight is 305 g/mol. The lowest BCUT2D eigenvalue weighted by atomic mass is 10.1. The van der Waals surface area contributed by atoms with Crippen molar-refractivity contribution in [1.82, 2.24) is 20.5 Å². The molecule has 0 aliphatic carbocycles. The second kappa shape index (κ2) is 6.89. The summed E-state index contributed by atoms with van der Waals surface area (Å²) in [4.78, 5) is 26.1. The first-order valence-electron chi connectivity index (χ1n) is 6.26. The van der Waals surface area contributed by atoms with E-state index in [1.165, 1.54) is 17.3 Å². The number of carbonyl (C=O) groups excluding carboxylic acids is 2. The van der Waals surface area contributed by atoms with Crippen LogP contribution < -0.4 is 11.1 Å². The SMILES string of the molecule is Cc1ccc(-c2nc(SCCC(=O)NC(N)=O)n[nH]2)cc1. The smallest absolute Gasteiger partial charge is 0.318 e. The van der Waals surface area contributed by atoms with E-state index in [0.29, 0.717) is 16.7 Å². The van der Waals surface area contributed by atoms with Gasteiger partial charge in [0.05, 0.1) is 0 Å². The molecule has 110 valence electrons. The number of hydrogen-bond acceptors (Lipinski definition) is 5. The third kappa shape index (κ3) is 4.60. The van der Waals surface area contributed by atoms with Crippen LogP contribution in [0.3, 0.4) is 0 Å². The summed E-state index contributed by atoms with van der Waals surface area (Å²) in [7, 11) is 0. The number of H-pyrrole nitrogens is 1. The fourth-order valence-electron chi connectivity index (χ4n) is 1.59. The van der Waals surface area contributed by atoms with E-state index in [4.69, 9.17) is 5.73 Å². The average Bonchev–Trinajstić information content (AvgIpc) is 2.87. The molecule has 4 N–H and O–H groups in total. The molecule has 21 heavy (non-hydrogen) atoms. The van der Waals surface area contributed by atoms with Crippen molar-refractivity contribution in [3.05, 3.63) is 29.8 Å². The molecule has 0 saturated heterocycles. The van der Waals surface area contributed by atoms with Crippen molar-refractivity contribution >= 4 is 23.7 Å². The van der Waals surface area contributed by atoms with Crippen LogP contribution in [0.5, 0.6) is 0 Å². The quantitative estimate of drug-likeness (QED) is 0.724. The third-order valence-electron chi connectivity index (χ3n) is 2.61. The lowest BCUT2D eigenvalue weighted by Gasteiger charge is -1.98. The van der Waals surface area contributed by atoms with Gasteiger partial charge in [0.1, 0.15) is 0 Å². The molecular weight excluding hydrogens is 290 g/mol. The van der Waals surface area contributed by atoms with E-state index in [1.54, 1.807) is 0 Å². The number of carbonyl (C=O) groups is 2. The normalized spacial score (nSPS) is 10.3. The van der Waals surface area contributed by atoms with Crippen LogP contribution in [0, 0.1) is 6.92 Å². The Bertz CT molecular complexity index is 638. The summed E-state index contributed by atoms with van der Waals surface area (Å²) < 4.78 is 0. The van der Waals surface area contributed by atoms with E-state index >= 15 is 0 Å². The summed E-state index contributed by atoms with van der Waals surface area (Å²) in [6, 6.07) is 7.08. The lowest BCUT2D eigenvalue weighted by molar-refractivity contribution is -0.119. The van der Waals surface area contributed by atoms with E-state index in [2.05, 4.69) is 15.2 Å². The van der Waals surface area contributed by atoms with Crippen molar-refractivity contribution in [2.24, 2.45) is 5.73 Å². The molecule has 0 bridgehead atoms. The summed E-state index contributed by atoms with van der Waals surface area (Å²) in [5.74, 6) is 0.730. The van der Waals surface area contributed by atoms with Gasteiger partial charge in [0.2, 0.25) is 11.1 Å².